The molecule has 2 saturated heterocycles. The maximum atomic E-state index is 12.7. The van der Waals surface area contributed by atoms with Crippen LogP contribution in [0.15, 0.2) is 24.3 Å². The summed E-state index contributed by atoms with van der Waals surface area (Å²) in [5, 5.41) is 3.39. The lowest BCUT2D eigenvalue weighted by Crippen LogP contribution is -2.45. The van der Waals surface area contributed by atoms with Gasteiger partial charge in [0.1, 0.15) is 0 Å². The number of nitrogens with zero attached hydrogens (tertiary/aromatic N) is 1. The van der Waals surface area contributed by atoms with Crippen molar-refractivity contribution in [1.29, 1.82) is 0 Å². The Kier molecular flexibility index (Phi) is 4.03. The van der Waals surface area contributed by atoms with E-state index in [2.05, 4.69) is 36.5 Å². The van der Waals surface area contributed by atoms with E-state index >= 15 is 0 Å². The normalized spacial score (nSPS) is 26.8. The SMILES string of the molecule is Cc1ccccc1C1CNCC1C(=O)N1CCOCC1. The van der Waals surface area contributed by atoms with Gasteiger partial charge in [-0.3, -0.25) is 4.79 Å². The van der Waals surface area contributed by atoms with Crippen molar-refractivity contribution in [1.82, 2.24) is 10.2 Å². The zero-order chi connectivity index (χ0) is 13.9. The molecular formula is C16H22N2O2. The average Bonchev–Trinajstić information content (AvgIpc) is 2.97. The highest BCUT2D eigenvalue weighted by Crippen LogP contribution is 2.31. The first-order valence-corrected chi connectivity index (χ1v) is 7.40. The summed E-state index contributed by atoms with van der Waals surface area (Å²) >= 11 is 0. The fourth-order valence-electron chi connectivity index (χ4n) is 3.29. The van der Waals surface area contributed by atoms with Crippen LogP contribution in [-0.4, -0.2) is 50.2 Å². The maximum absolute atomic E-state index is 12.7. The number of morpholine rings is 1. The van der Waals surface area contributed by atoms with Gasteiger partial charge in [-0.15, -0.1) is 0 Å². The first-order chi connectivity index (χ1) is 9.77. The minimum atomic E-state index is 0.0641. The molecule has 0 bridgehead atoms. The van der Waals surface area contributed by atoms with Crippen molar-refractivity contribution in [2.75, 3.05) is 39.4 Å². The van der Waals surface area contributed by atoms with Gasteiger partial charge in [0.2, 0.25) is 5.91 Å². The van der Waals surface area contributed by atoms with E-state index in [1.807, 2.05) is 4.90 Å². The molecule has 20 heavy (non-hydrogen) atoms. The Morgan fingerprint density at radius 3 is 2.75 bits per heavy atom. The summed E-state index contributed by atoms with van der Waals surface area (Å²) in [6.07, 6.45) is 0. The Labute approximate surface area is 120 Å². The number of hydrogen-bond acceptors (Lipinski definition) is 3. The van der Waals surface area contributed by atoms with E-state index in [0.717, 1.165) is 26.2 Å². The number of benzene rings is 1. The van der Waals surface area contributed by atoms with Crippen LogP contribution in [0.25, 0.3) is 0 Å². The van der Waals surface area contributed by atoms with Gasteiger partial charge in [0.05, 0.1) is 19.1 Å². The second-order valence-corrected chi connectivity index (χ2v) is 5.67. The summed E-state index contributed by atoms with van der Waals surface area (Å²) in [4.78, 5) is 14.7. The van der Waals surface area contributed by atoms with Gasteiger partial charge in [0.15, 0.2) is 0 Å². The summed E-state index contributed by atoms with van der Waals surface area (Å²) in [6, 6.07) is 8.41. The molecule has 2 aliphatic heterocycles. The summed E-state index contributed by atoms with van der Waals surface area (Å²) in [7, 11) is 0. The Morgan fingerprint density at radius 1 is 1.25 bits per heavy atom. The summed E-state index contributed by atoms with van der Waals surface area (Å²) < 4.78 is 5.33. The minimum Gasteiger partial charge on any atom is -0.378 e. The molecule has 4 nitrogen and oxygen atoms in total. The highest BCUT2D eigenvalue weighted by molar-refractivity contribution is 5.81. The zero-order valence-electron chi connectivity index (χ0n) is 12.0. The molecule has 3 rings (SSSR count). The fourth-order valence-corrected chi connectivity index (χ4v) is 3.29. The Bertz CT molecular complexity index is 483. The predicted octanol–water partition coefficient (Wildman–Crippen LogP) is 1.16. The fraction of sp³-hybridized carbons (Fsp3) is 0.562. The second-order valence-electron chi connectivity index (χ2n) is 5.67. The third-order valence-corrected chi connectivity index (χ3v) is 4.44. The third-order valence-electron chi connectivity index (χ3n) is 4.44. The molecule has 2 heterocycles. The molecule has 2 atom stereocenters. The number of amides is 1. The van der Waals surface area contributed by atoms with Gasteiger partial charge in [-0.05, 0) is 18.1 Å². The van der Waals surface area contributed by atoms with E-state index in [1.165, 1.54) is 11.1 Å². The molecule has 1 N–H and O–H groups in total. The van der Waals surface area contributed by atoms with E-state index in [9.17, 15) is 4.79 Å². The van der Waals surface area contributed by atoms with Crippen LogP contribution in [0.4, 0.5) is 0 Å². The van der Waals surface area contributed by atoms with Gasteiger partial charge in [-0.2, -0.15) is 0 Å². The number of carbonyl (C=O) groups excluding carboxylic acids is 1. The molecule has 2 unspecified atom stereocenters. The van der Waals surface area contributed by atoms with Crippen molar-refractivity contribution in [3.63, 3.8) is 0 Å². The second kappa shape index (κ2) is 5.94. The lowest BCUT2D eigenvalue weighted by atomic mass is 9.85. The van der Waals surface area contributed by atoms with Gasteiger partial charge in [-0.25, -0.2) is 0 Å². The highest BCUT2D eigenvalue weighted by Gasteiger charge is 2.37. The Hall–Kier alpha value is -1.39. The molecule has 0 spiro atoms. The summed E-state index contributed by atoms with van der Waals surface area (Å²) in [6.45, 7) is 6.61. The van der Waals surface area contributed by atoms with Crippen molar-refractivity contribution >= 4 is 5.91 Å². The minimum absolute atomic E-state index is 0.0641. The molecule has 0 saturated carbocycles. The number of nitrogens with one attached hydrogen (secondary N) is 1. The lowest BCUT2D eigenvalue weighted by molar-refractivity contribution is -0.139. The quantitative estimate of drug-likeness (QED) is 0.880. The molecule has 0 aromatic heterocycles. The van der Waals surface area contributed by atoms with Crippen molar-refractivity contribution < 1.29 is 9.53 Å². The van der Waals surface area contributed by atoms with Crippen LogP contribution in [0.1, 0.15) is 17.0 Å². The van der Waals surface area contributed by atoms with Crippen LogP contribution in [0.3, 0.4) is 0 Å². The van der Waals surface area contributed by atoms with Gasteiger partial charge in [-0.1, -0.05) is 24.3 Å². The van der Waals surface area contributed by atoms with Crippen molar-refractivity contribution in [2.24, 2.45) is 5.92 Å². The molecular weight excluding hydrogens is 252 g/mol. The van der Waals surface area contributed by atoms with Crippen molar-refractivity contribution in [3.8, 4) is 0 Å². The van der Waals surface area contributed by atoms with Gasteiger partial charge >= 0.3 is 0 Å². The number of hydrogen-bond donors (Lipinski definition) is 1. The van der Waals surface area contributed by atoms with E-state index in [1.54, 1.807) is 0 Å². The predicted molar refractivity (Wildman–Crippen MR) is 77.7 cm³/mol. The van der Waals surface area contributed by atoms with E-state index in [0.29, 0.717) is 19.1 Å². The lowest BCUT2D eigenvalue weighted by Gasteiger charge is -2.31. The molecule has 1 aromatic carbocycles. The van der Waals surface area contributed by atoms with Crippen LogP contribution in [-0.2, 0) is 9.53 Å². The number of ether oxygens (including phenoxy) is 1. The smallest absolute Gasteiger partial charge is 0.227 e. The first kappa shape index (κ1) is 13.6. The Morgan fingerprint density at radius 2 is 2.00 bits per heavy atom. The van der Waals surface area contributed by atoms with Gasteiger partial charge in [0.25, 0.3) is 0 Å². The molecule has 1 aromatic rings. The van der Waals surface area contributed by atoms with Crippen molar-refractivity contribution in [3.05, 3.63) is 35.4 Å². The summed E-state index contributed by atoms with van der Waals surface area (Å²) in [5.74, 6) is 0.646. The molecule has 108 valence electrons. The van der Waals surface area contributed by atoms with Gasteiger partial charge < -0.3 is 15.0 Å². The van der Waals surface area contributed by atoms with Crippen LogP contribution in [0.2, 0.25) is 0 Å². The van der Waals surface area contributed by atoms with Crippen LogP contribution in [0.5, 0.6) is 0 Å². The number of rotatable bonds is 2. The van der Waals surface area contributed by atoms with Gasteiger partial charge in [0, 0.05) is 32.1 Å². The number of carbonyl (C=O) groups is 1. The first-order valence-electron chi connectivity index (χ1n) is 7.40. The van der Waals surface area contributed by atoms with Crippen molar-refractivity contribution in [2.45, 2.75) is 12.8 Å². The summed E-state index contributed by atoms with van der Waals surface area (Å²) in [5.41, 5.74) is 2.59. The maximum Gasteiger partial charge on any atom is 0.227 e. The number of aryl methyl sites for hydroxylation is 1. The molecule has 2 fully saturated rings. The van der Waals surface area contributed by atoms with E-state index < -0.39 is 0 Å². The molecule has 4 heteroatoms. The van der Waals surface area contributed by atoms with E-state index in [-0.39, 0.29) is 11.8 Å². The van der Waals surface area contributed by atoms with Crippen LogP contribution < -0.4 is 5.32 Å². The molecule has 0 aliphatic carbocycles. The molecule has 1 amide bonds. The van der Waals surface area contributed by atoms with E-state index in [4.69, 9.17) is 4.74 Å². The average molecular weight is 274 g/mol. The zero-order valence-corrected chi connectivity index (χ0v) is 12.0. The molecule has 2 aliphatic rings. The molecule has 0 radical (unpaired) electrons. The van der Waals surface area contributed by atoms with Crippen LogP contribution in [0, 0.1) is 12.8 Å². The van der Waals surface area contributed by atoms with Crippen LogP contribution >= 0.6 is 0 Å². The largest absolute Gasteiger partial charge is 0.378 e. The monoisotopic (exact) mass is 274 g/mol. The third kappa shape index (κ3) is 2.58. The standard InChI is InChI=1S/C16H22N2O2/c1-12-4-2-3-5-13(12)14-10-17-11-15(14)16(19)18-6-8-20-9-7-18/h2-5,14-15,17H,6-11H2,1H3. The Balaban J connectivity index is 1.78. The highest BCUT2D eigenvalue weighted by atomic mass is 16.5. The topological polar surface area (TPSA) is 41.6 Å².